The van der Waals surface area contributed by atoms with Gasteiger partial charge in [0.2, 0.25) is 0 Å². The van der Waals surface area contributed by atoms with E-state index in [4.69, 9.17) is 5.11 Å². The molecule has 0 saturated carbocycles. The number of aliphatic hydroxyl groups is 1. The summed E-state index contributed by atoms with van der Waals surface area (Å²) in [6, 6.07) is 0. The van der Waals surface area contributed by atoms with Crippen LogP contribution in [-0.4, -0.2) is 45.6 Å². The number of hydrogen-bond acceptors (Lipinski definition) is 4. The first-order chi connectivity index (χ1) is 9.14. The van der Waals surface area contributed by atoms with Crippen LogP contribution in [0.5, 0.6) is 0 Å². The van der Waals surface area contributed by atoms with Gasteiger partial charge in [-0.3, -0.25) is 0 Å². The van der Waals surface area contributed by atoms with E-state index in [9.17, 15) is 0 Å². The first-order valence-corrected chi connectivity index (χ1v) is 6.88. The van der Waals surface area contributed by atoms with Gasteiger partial charge in [0.05, 0.1) is 0 Å². The van der Waals surface area contributed by atoms with Crippen LogP contribution >= 0.6 is 0 Å². The van der Waals surface area contributed by atoms with Gasteiger partial charge >= 0.3 is 0 Å². The molecule has 1 aliphatic rings. The SMILES string of the molecule is CC#CO.CC1CCNCC1.CCOC.CCOC. The van der Waals surface area contributed by atoms with Crippen molar-refractivity contribution in [3.8, 4) is 12.0 Å². The second-order valence-corrected chi connectivity index (χ2v) is 3.95. The van der Waals surface area contributed by atoms with Gasteiger partial charge in [-0.15, -0.1) is 0 Å². The van der Waals surface area contributed by atoms with E-state index in [0.717, 1.165) is 19.1 Å². The molecule has 116 valence electrons. The predicted octanol–water partition coefficient (Wildman–Crippen LogP) is 2.65. The minimum absolute atomic E-state index is 0.819. The Morgan fingerprint density at radius 3 is 1.53 bits per heavy atom. The zero-order valence-electron chi connectivity index (χ0n) is 13.6. The third-order valence-corrected chi connectivity index (χ3v) is 2.32. The smallest absolute Gasteiger partial charge is 0.107 e. The van der Waals surface area contributed by atoms with Crippen LogP contribution in [0.1, 0.15) is 40.5 Å². The summed E-state index contributed by atoms with van der Waals surface area (Å²) >= 11 is 0. The molecule has 1 saturated heterocycles. The Labute approximate surface area is 119 Å². The van der Waals surface area contributed by atoms with Gasteiger partial charge < -0.3 is 19.9 Å². The van der Waals surface area contributed by atoms with Crippen molar-refractivity contribution in [2.45, 2.75) is 40.5 Å². The maximum Gasteiger partial charge on any atom is 0.107 e. The quantitative estimate of drug-likeness (QED) is 0.761. The number of aliphatic hydroxyl groups excluding tert-OH is 1. The van der Waals surface area contributed by atoms with Crippen molar-refractivity contribution in [1.29, 1.82) is 0 Å². The van der Waals surface area contributed by atoms with Crippen LogP contribution in [0.15, 0.2) is 0 Å². The monoisotopic (exact) mass is 275 g/mol. The zero-order chi connectivity index (χ0) is 15.4. The van der Waals surface area contributed by atoms with E-state index in [1.807, 2.05) is 13.8 Å². The lowest BCUT2D eigenvalue weighted by Crippen LogP contribution is -2.26. The standard InChI is InChI=1S/C6H13N.2C3H8O.C3H4O/c1-6-2-4-7-5-3-6;2*1-3-4-2;1-2-3-4/h6-7H,2-5H2,1H3;2*3H2,1-2H3;4H,1H3. The van der Waals surface area contributed by atoms with Crippen LogP contribution in [0.25, 0.3) is 0 Å². The highest BCUT2D eigenvalue weighted by atomic mass is 16.5. The molecule has 0 aliphatic carbocycles. The summed E-state index contributed by atoms with van der Waals surface area (Å²) in [5.74, 6) is 3.21. The van der Waals surface area contributed by atoms with Crippen LogP contribution in [0, 0.1) is 17.9 Å². The van der Waals surface area contributed by atoms with E-state index in [2.05, 4.69) is 27.6 Å². The van der Waals surface area contributed by atoms with Crippen molar-refractivity contribution >= 4 is 0 Å². The van der Waals surface area contributed by atoms with Gasteiger partial charge in [0, 0.05) is 34.4 Å². The lowest BCUT2D eigenvalue weighted by molar-refractivity contribution is 0.215. The molecular weight excluding hydrogens is 242 g/mol. The number of nitrogens with one attached hydrogen (secondary N) is 1. The van der Waals surface area contributed by atoms with E-state index < -0.39 is 0 Å². The Morgan fingerprint density at radius 1 is 1.11 bits per heavy atom. The molecule has 0 atom stereocenters. The molecule has 0 aromatic rings. The third kappa shape index (κ3) is 38.2. The minimum atomic E-state index is 0.819. The highest BCUT2D eigenvalue weighted by molar-refractivity contribution is 4.81. The van der Waals surface area contributed by atoms with Gasteiger partial charge in [-0.05, 0) is 45.7 Å². The first kappa shape index (κ1) is 23.3. The van der Waals surface area contributed by atoms with Crippen LogP contribution in [0.3, 0.4) is 0 Å². The molecule has 0 aromatic heterocycles. The topological polar surface area (TPSA) is 50.7 Å². The van der Waals surface area contributed by atoms with Crippen molar-refractivity contribution in [3.05, 3.63) is 0 Å². The number of ether oxygens (including phenoxy) is 2. The van der Waals surface area contributed by atoms with Crippen LogP contribution in [0.4, 0.5) is 0 Å². The van der Waals surface area contributed by atoms with Crippen molar-refractivity contribution in [2.24, 2.45) is 5.92 Å². The maximum absolute atomic E-state index is 7.51. The minimum Gasteiger partial charge on any atom is -0.462 e. The van der Waals surface area contributed by atoms with Gasteiger partial charge in [-0.2, -0.15) is 0 Å². The van der Waals surface area contributed by atoms with E-state index in [1.165, 1.54) is 25.9 Å². The Hall–Kier alpha value is -0.760. The van der Waals surface area contributed by atoms with Crippen molar-refractivity contribution in [1.82, 2.24) is 5.32 Å². The second kappa shape index (κ2) is 25.9. The van der Waals surface area contributed by atoms with Crippen molar-refractivity contribution in [3.63, 3.8) is 0 Å². The van der Waals surface area contributed by atoms with E-state index in [1.54, 1.807) is 27.2 Å². The summed E-state index contributed by atoms with van der Waals surface area (Å²) in [6.45, 7) is 11.9. The molecule has 0 radical (unpaired) electrons. The highest BCUT2D eigenvalue weighted by Crippen LogP contribution is 2.08. The summed E-state index contributed by atoms with van der Waals surface area (Å²) in [4.78, 5) is 0. The zero-order valence-corrected chi connectivity index (χ0v) is 13.6. The molecule has 1 rings (SSSR count). The summed E-state index contributed by atoms with van der Waals surface area (Å²) in [6.07, 6.45) is 4.43. The fourth-order valence-corrected chi connectivity index (χ4v) is 0.966. The number of methoxy groups -OCH3 is 2. The van der Waals surface area contributed by atoms with Crippen molar-refractivity contribution < 1.29 is 14.6 Å². The average molecular weight is 275 g/mol. The molecule has 0 amide bonds. The van der Waals surface area contributed by atoms with E-state index in [-0.39, 0.29) is 0 Å². The largest absolute Gasteiger partial charge is 0.462 e. The van der Waals surface area contributed by atoms with Gasteiger partial charge in [0.1, 0.15) is 6.11 Å². The summed E-state index contributed by atoms with van der Waals surface area (Å²) in [5, 5.41) is 10.8. The second-order valence-electron chi connectivity index (χ2n) is 3.95. The molecule has 19 heavy (non-hydrogen) atoms. The maximum atomic E-state index is 7.51. The Kier molecular flexibility index (Phi) is 31.9. The molecule has 0 spiro atoms. The van der Waals surface area contributed by atoms with Crippen molar-refractivity contribution in [2.75, 3.05) is 40.5 Å². The van der Waals surface area contributed by atoms with Crippen LogP contribution < -0.4 is 5.32 Å². The molecule has 0 unspecified atom stereocenters. The van der Waals surface area contributed by atoms with Gasteiger partial charge in [0.15, 0.2) is 0 Å². The molecule has 2 N–H and O–H groups in total. The third-order valence-electron chi connectivity index (χ3n) is 2.32. The predicted molar refractivity (Wildman–Crippen MR) is 81.8 cm³/mol. The number of hydrogen-bond donors (Lipinski definition) is 2. The average Bonchev–Trinajstić information content (AvgIpc) is 2.48. The molecule has 0 aromatic carbocycles. The Bertz CT molecular complexity index is 168. The molecule has 1 aliphatic heterocycles. The summed E-state index contributed by atoms with van der Waals surface area (Å²) in [5.41, 5.74) is 0. The fraction of sp³-hybridized carbons (Fsp3) is 0.867. The fourth-order valence-electron chi connectivity index (χ4n) is 0.966. The molecule has 4 heteroatoms. The van der Waals surface area contributed by atoms with E-state index >= 15 is 0 Å². The molecule has 1 heterocycles. The molecule has 0 bridgehead atoms. The van der Waals surface area contributed by atoms with Gasteiger partial charge in [-0.25, -0.2) is 0 Å². The Balaban J connectivity index is -0.000000189. The Morgan fingerprint density at radius 2 is 1.42 bits per heavy atom. The molecule has 4 nitrogen and oxygen atoms in total. The van der Waals surface area contributed by atoms with Gasteiger partial charge in [-0.1, -0.05) is 12.8 Å². The lowest BCUT2D eigenvalue weighted by atomic mass is 10.0. The molecular formula is C15H33NO3. The molecule has 1 fully saturated rings. The number of rotatable bonds is 2. The highest BCUT2D eigenvalue weighted by Gasteiger charge is 2.04. The van der Waals surface area contributed by atoms with Crippen LogP contribution in [-0.2, 0) is 9.47 Å². The summed E-state index contributed by atoms with van der Waals surface area (Å²) < 4.78 is 9.08. The first-order valence-electron chi connectivity index (χ1n) is 6.88. The summed E-state index contributed by atoms with van der Waals surface area (Å²) in [7, 11) is 3.36. The van der Waals surface area contributed by atoms with E-state index in [0.29, 0.717) is 0 Å². The number of piperidine rings is 1. The van der Waals surface area contributed by atoms with Crippen LogP contribution in [0.2, 0.25) is 0 Å². The normalized spacial score (nSPS) is 13.2. The lowest BCUT2D eigenvalue weighted by Gasteiger charge is -2.17. The van der Waals surface area contributed by atoms with Gasteiger partial charge in [0.25, 0.3) is 0 Å².